The van der Waals surface area contributed by atoms with Gasteiger partial charge in [-0.15, -0.1) is 0 Å². The summed E-state index contributed by atoms with van der Waals surface area (Å²) in [5.41, 5.74) is 4.97. The van der Waals surface area contributed by atoms with E-state index >= 15 is 0 Å². The predicted molar refractivity (Wildman–Crippen MR) is 131 cm³/mol. The van der Waals surface area contributed by atoms with Gasteiger partial charge in [-0.1, -0.05) is 53.6 Å². The van der Waals surface area contributed by atoms with Crippen molar-refractivity contribution in [3.8, 4) is 0 Å². The number of halogens is 1. The van der Waals surface area contributed by atoms with Gasteiger partial charge in [0.15, 0.2) is 0 Å². The fourth-order valence-electron chi connectivity index (χ4n) is 3.63. The molecule has 0 aliphatic heterocycles. The van der Waals surface area contributed by atoms with Crippen molar-refractivity contribution in [3.05, 3.63) is 99.6 Å². The number of anilines is 1. The molecular formula is C25H27ClN2O3S. The van der Waals surface area contributed by atoms with E-state index in [1.165, 1.54) is 9.87 Å². The van der Waals surface area contributed by atoms with Gasteiger partial charge >= 0.3 is 0 Å². The van der Waals surface area contributed by atoms with Crippen molar-refractivity contribution in [2.75, 3.05) is 10.6 Å². The van der Waals surface area contributed by atoms with Crippen LogP contribution in [0.3, 0.4) is 0 Å². The topological polar surface area (TPSA) is 66.5 Å². The summed E-state index contributed by atoms with van der Waals surface area (Å²) >= 11 is 6.22. The van der Waals surface area contributed by atoms with Crippen LogP contribution in [0.2, 0.25) is 5.02 Å². The van der Waals surface area contributed by atoms with Crippen molar-refractivity contribution in [2.45, 2.75) is 33.4 Å². The SMILES string of the molecule is Cc1ccc([C@@H](C)NC(=O)c2ccc(N(Cc3ccccc3Cl)S(C)(=O)=O)cc2)c(C)c1. The highest BCUT2D eigenvalue weighted by atomic mass is 35.5. The maximum atomic E-state index is 12.8. The standard InChI is InChI=1S/C25H27ClN2O3S/c1-17-9-14-23(18(2)15-17)19(3)27-25(29)20-10-12-22(13-11-20)28(32(4,30)31)16-21-7-5-6-8-24(21)26/h5-15,19H,16H2,1-4H3,(H,27,29)/t19-/m1/s1. The number of carbonyl (C=O) groups excluding carboxylic acids is 1. The van der Waals surface area contributed by atoms with Crippen molar-refractivity contribution >= 4 is 33.2 Å². The van der Waals surface area contributed by atoms with Gasteiger partial charge in [0.1, 0.15) is 0 Å². The molecule has 0 bridgehead atoms. The number of nitrogens with one attached hydrogen (secondary N) is 1. The number of hydrogen-bond donors (Lipinski definition) is 1. The summed E-state index contributed by atoms with van der Waals surface area (Å²) in [6.45, 7) is 6.11. The highest BCUT2D eigenvalue weighted by Crippen LogP contribution is 2.25. The molecule has 0 radical (unpaired) electrons. The zero-order valence-corrected chi connectivity index (χ0v) is 20.2. The molecule has 5 nitrogen and oxygen atoms in total. The molecule has 32 heavy (non-hydrogen) atoms. The highest BCUT2D eigenvalue weighted by Gasteiger charge is 2.20. The van der Waals surface area contributed by atoms with Crippen LogP contribution in [0.5, 0.6) is 0 Å². The lowest BCUT2D eigenvalue weighted by molar-refractivity contribution is 0.0940. The van der Waals surface area contributed by atoms with Gasteiger partial charge in [-0.25, -0.2) is 8.42 Å². The summed E-state index contributed by atoms with van der Waals surface area (Å²) < 4.78 is 26.1. The third-order valence-corrected chi connectivity index (χ3v) is 6.84. The van der Waals surface area contributed by atoms with Crippen LogP contribution in [0, 0.1) is 13.8 Å². The minimum absolute atomic E-state index is 0.105. The molecular weight excluding hydrogens is 444 g/mol. The van der Waals surface area contributed by atoms with Crippen LogP contribution >= 0.6 is 11.6 Å². The van der Waals surface area contributed by atoms with Crippen LogP contribution < -0.4 is 9.62 Å². The number of amides is 1. The monoisotopic (exact) mass is 470 g/mol. The Hall–Kier alpha value is -2.83. The summed E-state index contributed by atoms with van der Waals surface area (Å²) in [6.07, 6.45) is 1.15. The van der Waals surface area contributed by atoms with Gasteiger partial charge in [-0.3, -0.25) is 9.10 Å². The van der Waals surface area contributed by atoms with Crippen LogP contribution in [0.15, 0.2) is 66.7 Å². The fourth-order valence-corrected chi connectivity index (χ4v) is 4.70. The predicted octanol–water partition coefficient (Wildman–Crippen LogP) is 5.41. The van der Waals surface area contributed by atoms with Gasteiger partial charge in [-0.05, 0) is 67.8 Å². The second-order valence-electron chi connectivity index (χ2n) is 7.96. The summed E-state index contributed by atoms with van der Waals surface area (Å²) in [6, 6.07) is 19.6. The number of nitrogens with zero attached hydrogens (tertiary/aromatic N) is 1. The maximum absolute atomic E-state index is 12.8. The first-order valence-electron chi connectivity index (χ1n) is 10.3. The summed E-state index contributed by atoms with van der Waals surface area (Å²) in [5.74, 6) is -0.221. The van der Waals surface area contributed by atoms with E-state index in [2.05, 4.69) is 11.4 Å². The van der Waals surface area contributed by atoms with E-state index in [0.717, 1.165) is 17.4 Å². The molecule has 0 aliphatic rings. The second kappa shape index (κ2) is 9.76. The van der Waals surface area contributed by atoms with Crippen LogP contribution in [0.4, 0.5) is 5.69 Å². The molecule has 0 heterocycles. The molecule has 3 aromatic carbocycles. The van der Waals surface area contributed by atoms with Crippen LogP contribution in [-0.2, 0) is 16.6 Å². The lowest BCUT2D eigenvalue weighted by Crippen LogP contribution is -2.30. The molecule has 0 spiro atoms. The van der Waals surface area contributed by atoms with Crippen molar-refractivity contribution in [3.63, 3.8) is 0 Å². The Balaban J connectivity index is 1.78. The zero-order chi connectivity index (χ0) is 23.5. The van der Waals surface area contributed by atoms with Gasteiger partial charge < -0.3 is 5.32 Å². The van der Waals surface area contributed by atoms with E-state index in [9.17, 15) is 13.2 Å². The Morgan fingerprint density at radius 1 is 1.03 bits per heavy atom. The van der Waals surface area contributed by atoms with E-state index in [-0.39, 0.29) is 18.5 Å². The van der Waals surface area contributed by atoms with Crippen LogP contribution in [0.25, 0.3) is 0 Å². The average molecular weight is 471 g/mol. The number of aryl methyl sites for hydroxylation is 2. The number of carbonyl (C=O) groups is 1. The molecule has 0 unspecified atom stereocenters. The molecule has 1 amide bonds. The van der Waals surface area contributed by atoms with Gasteiger partial charge in [0, 0.05) is 10.6 Å². The Bertz CT molecular complexity index is 1220. The van der Waals surface area contributed by atoms with Gasteiger partial charge in [0.05, 0.1) is 24.5 Å². The first-order chi connectivity index (χ1) is 15.1. The summed E-state index contributed by atoms with van der Waals surface area (Å²) in [4.78, 5) is 12.8. The summed E-state index contributed by atoms with van der Waals surface area (Å²) in [5, 5.41) is 3.51. The van der Waals surface area contributed by atoms with Crippen molar-refractivity contribution in [2.24, 2.45) is 0 Å². The zero-order valence-electron chi connectivity index (χ0n) is 18.6. The van der Waals surface area contributed by atoms with Crippen molar-refractivity contribution in [1.82, 2.24) is 5.32 Å². The number of hydrogen-bond acceptors (Lipinski definition) is 3. The summed E-state index contributed by atoms with van der Waals surface area (Å²) in [7, 11) is -3.56. The number of rotatable bonds is 7. The van der Waals surface area contributed by atoms with E-state index < -0.39 is 10.0 Å². The molecule has 0 aliphatic carbocycles. The van der Waals surface area contributed by atoms with Crippen molar-refractivity contribution in [1.29, 1.82) is 0 Å². The Kier molecular flexibility index (Phi) is 7.26. The van der Waals surface area contributed by atoms with Crippen molar-refractivity contribution < 1.29 is 13.2 Å². The Morgan fingerprint density at radius 2 is 1.69 bits per heavy atom. The highest BCUT2D eigenvalue weighted by molar-refractivity contribution is 7.92. The minimum atomic E-state index is -3.56. The lowest BCUT2D eigenvalue weighted by Gasteiger charge is -2.23. The molecule has 168 valence electrons. The minimum Gasteiger partial charge on any atom is -0.346 e. The van der Waals surface area contributed by atoms with Gasteiger partial charge in [-0.2, -0.15) is 0 Å². The maximum Gasteiger partial charge on any atom is 0.251 e. The quantitative estimate of drug-likeness (QED) is 0.501. The van der Waals surface area contributed by atoms with E-state index in [1.807, 2.05) is 39.0 Å². The molecule has 1 atom stereocenters. The molecule has 0 aromatic heterocycles. The van der Waals surface area contributed by atoms with Gasteiger partial charge in [0.25, 0.3) is 5.91 Å². The first-order valence-corrected chi connectivity index (χ1v) is 12.5. The molecule has 0 saturated heterocycles. The largest absolute Gasteiger partial charge is 0.346 e. The van der Waals surface area contributed by atoms with Gasteiger partial charge in [0.2, 0.25) is 10.0 Å². The molecule has 3 aromatic rings. The molecule has 0 fully saturated rings. The third kappa shape index (κ3) is 5.69. The second-order valence-corrected chi connectivity index (χ2v) is 10.3. The lowest BCUT2D eigenvalue weighted by atomic mass is 10.00. The molecule has 1 N–H and O–H groups in total. The number of sulfonamides is 1. The van der Waals surface area contributed by atoms with E-state index in [4.69, 9.17) is 11.6 Å². The molecule has 3 rings (SSSR count). The van der Waals surface area contributed by atoms with E-state index in [1.54, 1.807) is 42.5 Å². The fraction of sp³-hybridized carbons (Fsp3) is 0.240. The molecule has 7 heteroatoms. The third-order valence-electron chi connectivity index (χ3n) is 5.33. The van der Waals surface area contributed by atoms with Crippen LogP contribution in [-0.4, -0.2) is 20.6 Å². The Morgan fingerprint density at radius 3 is 2.28 bits per heavy atom. The normalized spacial score (nSPS) is 12.3. The van der Waals surface area contributed by atoms with E-state index in [0.29, 0.717) is 21.8 Å². The smallest absolute Gasteiger partial charge is 0.251 e. The Labute approximate surface area is 195 Å². The average Bonchev–Trinajstić information content (AvgIpc) is 2.72. The first kappa shape index (κ1) is 23.8. The number of benzene rings is 3. The van der Waals surface area contributed by atoms with Crippen LogP contribution in [0.1, 0.15) is 45.6 Å². The molecule has 0 saturated carbocycles.